The summed E-state index contributed by atoms with van der Waals surface area (Å²) in [5.74, 6) is 5.93. The summed E-state index contributed by atoms with van der Waals surface area (Å²) in [6.45, 7) is 0.350. The van der Waals surface area contributed by atoms with Crippen LogP contribution in [0.3, 0.4) is 0 Å². The number of carbonyl (C=O) groups excluding carboxylic acids is 1. The Morgan fingerprint density at radius 3 is 2.70 bits per heavy atom. The number of thiophene rings is 1. The van der Waals surface area contributed by atoms with Gasteiger partial charge in [-0.15, -0.1) is 11.3 Å². The average molecular weight is 290 g/mol. The Labute approximate surface area is 125 Å². The van der Waals surface area contributed by atoms with Crippen molar-refractivity contribution in [3.05, 3.63) is 21.9 Å². The topological polar surface area (TPSA) is 46.3 Å². The maximum atomic E-state index is 12.5. The molecule has 1 heterocycles. The van der Waals surface area contributed by atoms with Crippen molar-refractivity contribution >= 4 is 17.2 Å². The quantitative estimate of drug-likeness (QED) is 0.672. The fourth-order valence-corrected chi connectivity index (χ4v) is 3.51. The lowest BCUT2D eigenvalue weighted by molar-refractivity contribution is 0.0722. The molecule has 0 radical (unpaired) electrons. The third-order valence-corrected chi connectivity index (χ3v) is 4.81. The highest BCUT2D eigenvalue weighted by atomic mass is 32.1. The van der Waals surface area contributed by atoms with Crippen LogP contribution in [0.15, 0.2) is 12.1 Å². The Balaban J connectivity index is 2.03. The second-order valence-corrected chi connectivity index (χ2v) is 6.32. The second-order valence-electron chi connectivity index (χ2n) is 5.23. The SMILES string of the molecule is CN(C(=O)c1ccc(C#CCN)s1)C1CCCCCC1. The zero-order chi connectivity index (χ0) is 14.4. The van der Waals surface area contributed by atoms with Gasteiger partial charge in [-0.1, -0.05) is 37.5 Å². The van der Waals surface area contributed by atoms with E-state index >= 15 is 0 Å². The Morgan fingerprint density at radius 2 is 2.05 bits per heavy atom. The summed E-state index contributed by atoms with van der Waals surface area (Å²) in [5, 5.41) is 0. The van der Waals surface area contributed by atoms with E-state index in [1.807, 2.05) is 24.1 Å². The number of carbonyl (C=O) groups is 1. The number of nitrogens with zero attached hydrogens (tertiary/aromatic N) is 1. The monoisotopic (exact) mass is 290 g/mol. The van der Waals surface area contributed by atoms with Gasteiger partial charge in [-0.3, -0.25) is 4.79 Å². The van der Waals surface area contributed by atoms with Crippen molar-refractivity contribution in [1.82, 2.24) is 4.90 Å². The van der Waals surface area contributed by atoms with Gasteiger partial charge in [-0.2, -0.15) is 0 Å². The maximum absolute atomic E-state index is 12.5. The molecule has 20 heavy (non-hydrogen) atoms. The highest BCUT2D eigenvalue weighted by molar-refractivity contribution is 7.14. The van der Waals surface area contributed by atoms with Gasteiger partial charge >= 0.3 is 0 Å². The standard InChI is InChI=1S/C16H22N2OS/c1-18(13-7-4-2-3-5-8-13)16(19)15-11-10-14(20-15)9-6-12-17/h10-11,13H,2-5,7-8,12,17H2,1H3. The molecule has 0 spiro atoms. The van der Waals surface area contributed by atoms with E-state index in [4.69, 9.17) is 5.73 Å². The van der Waals surface area contributed by atoms with E-state index in [1.165, 1.54) is 37.0 Å². The molecule has 2 rings (SSSR count). The van der Waals surface area contributed by atoms with Crippen molar-refractivity contribution in [3.8, 4) is 11.8 Å². The first-order valence-corrected chi connectivity index (χ1v) is 8.10. The first kappa shape index (κ1) is 15.1. The molecule has 0 aromatic carbocycles. The van der Waals surface area contributed by atoms with Crippen LogP contribution >= 0.6 is 11.3 Å². The summed E-state index contributed by atoms with van der Waals surface area (Å²) >= 11 is 1.46. The van der Waals surface area contributed by atoms with Gasteiger partial charge in [0.2, 0.25) is 0 Å². The molecule has 1 aliphatic rings. The summed E-state index contributed by atoms with van der Waals surface area (Å²) in [4.78, 5) is 16.1. The molecule has 1 amide bonds. The number of amides is 1. The molecule has 1 aromatic rings. The van der Waals surface area contributed by atoms with E-state index in [0.717, 1.165) is 22.6 Å². The maximum Gasteiger partial charge on any atom is 0.263 e. The van der Waals surface area contributed by atoms with Gasteiger partial charge in [-0.25, -0.2) is 0 Å². The fraction of sp³-hybridized carbons (Fsp3) is 0.562. The van der Waals surface area contributed by atoms with Gasteiger partial charge in [0.1, 0.15) is 0 Å². The molecule has 1 aliphatic carbocycles. The van der Waals surface area contributed by atoms with Crippen LogP contribution in [0.5, 0.6) is 0 Å². The van der Waals surface area contributed by atoms with Crippen molar-refractivity contribution in [3.63, 3.8) is 0 Å². The molecule has 0 saturated heterocycles. The van der Waals surface area contributed by atoms with Gasteiger partial charge < -0.3 is 10.6 Å². The predicted octanol–water partition coefficient (Wildman–Crippen LogP) is 2.85. The molecular weight excluding hydrogens is 268 g/mol. The lowest BCUT2D eigenvalue weighted by Crippen LogP contribution is -2.36. The summed E-state index contributed by atoms with van der Waals surface area (Å²) in [6, 6.07) is 4.17. The van der Waals surface area contributed by atoms with Gasteiger partial charge in [-0.05, 0) is 25.0 Å². The van der Waals surface area contributed by atoms with Gasteiger partial charge in [0, 0.05) is 13.1 Å². The minimum atomic E-state index is 0.127. The highest BCUT2D eigenvalue weighted by Crippen LogP contribution is 2.24. The van der Waals surface area contributed by atoms with Crippen LogP contribution in [-0.4, -0.2) is 30.4 Å². The molecule has 3 nitrogen and oxygen atoms in total. The summed E-state index contributed by atoms with van der Waals surface area (Å²) in [5.41, 5.74) is 5.36. The van der Waals surface area contributed by atoms with Crippen LogP contribution in [0.25, 0.3) is 0 Å². The molecule has 1 saturated carbocycles. The fourth-order valence-electron chi connectivity index (χ4n) is 2.64. The molecular formula is C16H22N2OS. The zero-order valence-electron chi connectivity index (χ0n) is 12.0. The van der Waals surface area contributed by atoms with E-state index in [0.29, 0.717) is 12.6 Å². The Bertz CT molecular complexity index is 504. The molecule has 1 fully saturated rings. The minimum absolute atomic E-state index is 0.127. The summed E-state index contributed by atoms with van der Waals surface area (Å²) < 4.78 is 0. The van der Waals surface area contributed by atoms with E-state index in [9.17, 15) is 4.79 Å². The van der Waals surface area contributed by atoms with Crippen LogP contribution < -0.4 is 5.73 Å². The molecule has 0 bridgehead atoms. The average Bonchev–Trinajstić information content (AvgIpc) is 2.76. The van der Waals surface area contributed by atoms with E-state index in [-0.39, 0.29) is 5.91 Å². The van der Waals surface area contributed by atoms with Gasteiger partial charge in [0.25, 0.3) is 5.91 Å². The number of hydrogen-bond donors (Lipinski definition) is 1. The number of rotatable bonds is 2. The van der Waals surface area contributed by atoms with E-state index in [2.05, 4.69) is 11.8 Å². The first-order valence-electron chi connectivity index (χ1n) is 7.28. The summed E-state index contributed by atoms with van der Waals surface area (Å²) in [6.07, 6.45) is 7.34. The lowest BCUT2D eigenvalue weighted by Gasteiger charge is -2.26. The zero-order valence-corrected chi connectivity index (χ0v) is 12.8. The van der Waals surface area contributed by atoms with Crippen molar-refractivity contribution in [2.24, 2.45) is 5.73 Å². The minimum Gasteiger partial charge on any atom is -0.338 e. The van der Waals surface area contributed by atoms with Crippen molar-refractivity contribution in [1.29, 1.82) is 0 Å². The normalized spacial score (nSPS) is 16.1. The Hall–Kier alpha value is -1.31. The predicted molar refractivity (Wildman–Crippen MR) is 83.8 cm³/mol. The van der Waals surface area contributed by atoms with Crippen LogP contribution in [0, 0.1) is 11.8 Å². The molecule has 1 aromatic heterocycles. The van der Waals surface area contributed by atoms with Crippen LogP contribution in [0.1, 0.15) is 53.1 Å². The third kappa shape index (κ3) is 3.84. The lowest BCUT2D eigenvalue weighted by atomic mass is 10.1. The van der Waals surface area contributed by atoms with E-state index in [1.54, 1.807) is 0 Å². The largest absolute Gasteiger partial charge is 0.338 e. The molecule has 0 atom stereocenters. The Kier molecular flexibility index (Phi) is 5.63. The number of hydrogen-bond acceptors (Lipinski definition) is 3. The van der Waals surface area contributed by atoms with Crippen molar-refractivity contribution in [2.45, 2.75) is 44.6 Å². The first-order chi connectivity index (χ1) is 9.72. The molecule has 108 valence electrons. The third-order valence-electron chi connectivity index (χ3n) is 3.82. The molecule has 0 aliphatic heterocycles. The van der Waals surface area contributed by atoms with E-state index < -0.39 is 0 Å². The van der Waals surface area contributed by atoms with Gasteiger partial charge in [0.05, 0.1) is 16.3 Å². The van der Waals surface area contributed by atoms with Crippen molar-refractivity contribution in [2.75, 3.05) is 13.6 Å². The second kappa shape index (κ2) is 7.47. The molecule has 0 unspecified atom stereocenters. The van der Waals surface area contributed by atoms with Crippen molar-refractivity contribution < 1.29 is 4.79 Å². The Morgan fingerprint density at radius 1 is 1.35 bits per heavy atom. The molecule has 2 N–H and O–H groups in total. The number of nitrogens with two attached hydrogens (primary N) is 1. The van der Waals surface area contributed by atoms with Crippen LogP contribution in [0.4, 0.5) is 0 Å². The van der Waals surface area contributed by atoms with Gasteiger partial charge in [0.15, 0.2) is 0 Å². The highest BCUT2D eigenvalue weighted by Gasteiger charge is 2.23. The van der Waals surface area contributed by atoms with Crippen LogP contribution in [-0.2, 0) is 0 Å². The molecule has 4 heteroatoms. The summed E-state index contributed by atoms with van der Waals surface area (Å²) in [7, 11) is 1.93. The smallest absolute Gasteiger partial charge is 0.263 e. The van der Waals surface area contributed by atoms with Crippen LogP contribution in [0.2, 0.25) is 0 Å².